The lowest BCUT2D eigenvalue weighted by Crippen LogP contribution is -2.40. The molecule has 1 saturated heterocycles. The Hall–Kier alpha value is -2.06. The molecule has 1 aromatic rings. The maximum Gasteiger partial charge on any atom is 0.294 e. The Bertz CT molecular complexity index is 708. The van der Waals surface area contributed by atoms with Crippen LogP contribution in [0.3, 0.4) is 0 Å². The zero-order valence-corrected chi connectivity index (χ0v) is 15.0. The van der Waals surface area contributed by atoms with Crippen LogP contribution < -0.4 is 5.32 Å². The maximum atomic E-state index is 12.4. The number of nitrogens with one attached hydrogen (secondary N) is 1. The van der Waals surface area contributed by atoms with Gasteiger partial charge in [0.1, 0.15) is 6.54 Å². The third-order valence-electron chi connectivity index (χ3n) is 3.90. The van der Waals surface area contributed by atoms with Gasteiger partial charge in [-0.1, -0.05) is 0 Å². The van der Waals surface area contributed by atoms with Crippen LogP contribution in [-0.2, 0) is 21.4 Å². The monoisotopic (exact) mass is 351 g/mol. The van der Waals surface area contributed by atoms with Crippen LogP contribution in [0.25, 0.3) is 6.08 Å². The average molecular weight is 351 g/mol. The van der Waals surface area contributed by atoms with Crippen molar-refractivity contribution in [2.45, 2.75) is 13.8 Å². The topological polar surface area (TPSA) is 80.6 Å². The summed E-state index contributed by atoms with van der Waals surface area (Å²) < 4.78 is 6.85. The second kappa shape index (κ2) is 7.67. The molecule has 8 heteroatoms. The van der Waals surface area contributed by atoms with E-state index < -0.39 is 11.1 Å². The average Bonchev–Trinajstić information content (AvgIpc) is 2.93. The van der Waals surface area contributed by atoms with E-state index in [9.17, 15) is 14.4 Å². The molecule has 0 radical (unpaired) electrons. The van der Waals surface area contributed by atoms with E-state index in [-0.39, 0.29) is 12.5 Å². The van der Waals surface area contributed by atoms with Crippen molar-refractivity contribution >= 4 is 34.9 Å². The highest BCUT2D eigenvalue weighted by molar-refractivity contribution is 8.18. The fourth-order valence-electron chi connectivity index (χ4n) is 2.30. The first-order valence-electron chi connectivity index (χ1n) is 7.49. The Morgan fingerprint density at radius 1 is 1.38 bits per heavy atom. The van der Waals surface area contributed by atoms with Crippen LogP contribution in [0.1, 0.15) is 17.0 Å². The van der Waals surface area contributed by atoms with Crippen molar-refractivity contribution in [1.29, 1.82) is 0 Å². The van der Waals surface area contributed by atoms with E-state index in [0.29, 0.717) is 18.1 Å². The van der Waals surface area contributed by atoms with E-state index in [0.717, 1.165) is 33.6 Å². The smallest absolute Gasteiger partial charge is 0.294 e. The van der Waals surface area contributed by atoms with Crippen molar-refractivity contribution in [1.82, 2.24) is 14.8 Å². The number of methoxy groups -OCH3 is 1. The summed E-state index contributed by atoms with van der Waals surface area (Å²) >= 11 is 0.855. The van der Waals surface area contributed by atoms with E-state index in [4.69, 9.17) is 4.74 Å². The molecule has 1 aromatic heterocycles. The molecule has 1 N–H and O–H groups in total. The molecule has 0 atom stereocenters. The molecule has 7 nitrogen and oxygen atoms in total. The summed E-state index contributed by atoms with van der Waals surface area (Å²) in [7, 11) is 3.47. The van der Waals surface area contributed by atoms with Gasteiger partial charge in [0, 0.05) is 32.1 Å². The Labute approximate surface area is 145 Å². The lowest BCUT2D eigenvalue weighted by atomic mass is 10.2. The zero-order chi connectivity index (χ0) is 17.9. The molecule has 2 heterocycles. The third-order valence-corrected chi connectivity index (χ3v) is 4.81. The summed E-state index contributed by atoms with van der Waals surface area (Å²) in [5.74, 6) is -0.824. The minimum atomic E-state index is -0.437. The zero-order valence-electron chi connectivity index (χ0n) is 14.2. The van der Waals surface area contributed by atoms with Crippen LogP contribution in [0, 0.1) is 13.8 Å². The van der Waals surface area contributed by atoms with Gasteiger partial charge < -0.3 is 14.6 Å². The van der Waals surface area contributed by atoms with Gasteiger partial charge in [0.15, 0.2) is 0 Å². The minimum Gasteiger partial charge on any atom is -0.383 e. The molecule has 1 aliphatic rings. The predicted octanol–water partition coefficient (Wildman–Crippen LogP) is 1.44. The summed E-state index contributed by atoms with van der Waals surface area (Å²) in [5.41, 5.74) is 2.97. The predicted molar refractivity (Wildman–Crippen MR) is 92.4 cm³/mol. The fourth-order valence-corrected chi connectivity index (χ4v) is 3.13. The molecule has 24 heavy (non-hydrogen) atoms. The van der Waals surface area contributed by atoms with Gasteiger partial charge in [-0.3, -0.25) is 19.3 Å². The van der Waals surface area contributed by atoms with Crippen LogP contribution in [0.2, 0.25) is 0 Å². The van der Waals surface area contributed by atoms with E-state index >= 15 is 0 Å². The molecule has 0 unspecified atom stereocenters. The minimum absolute atomic E-state index is 0.279. The molecule has 0 saturated carbocycles. The first-order chi connectivity index (χ1) is 11.3. The number of carbonyl (C=O) groups excluding carboxylic acids is 3. The van der Waals surface area contributed by atoms with Gasteiger partial charge in [0.25, 0.3) is 11.1 Å². The van der Waals surface area contributed by atoms with Gasteiger partial charge in [0.05, 0.1) is 11.5 Å². The lowest BCUT2D eigenvalue weighted by molar-refractivity contribution is -0.129. The Balaban J connectivity index is 2.09. The normalized spacial score (nSPS) is 16.3. The van der Waals surface area contributed by atoms with Gasteiger partial charge in [-0.05, 0) is 43.3 Å². The number of hydrogen-bond donors (Lipinski definition) is 1. The molecule has 0 aromatic carbocycles. The number of hydrogen-bond acceptors (Lipinski definition) is 5. The molecule has 0 bridgehead atoms. The third kappa shape index (κ3) is 3.88. The first kappa shape index (κ1) is 18.3. The number of carbonyl (C=O) groups is 3. The highest BCUT2D eigenvalue weighted by atomic mass is 32.2. The molecule has 0 aliphatic carbocycles. The van der Waals surface area contributed by atoms with Crippen molar-refractivity contribution < 1.29 is 19.1 Å². The molecule has 1 aliphatic heterocycles. The van der Waals surface area contributed by atoms with Gasteiger partial charge >= 0.3 is 0 Å². The highest BCUT2D eigenvalue weighted by Crippen LogP contribution is 2.32. The molecular weight excluding hydrogens is 330 g/mol. The number of nitrogens with zero attached hydrogens (tertiary/aromatic N) is 2. The van der Waals surface area contributed by atoms with E-state index in [1.807, 2.05) is 31.5 Å². The number of rotatable bonds is 6. The summed E-state index contributed by atoms with van der Waals surface area (Å²) in [6, 6.07) is 1.96. The van der Waals surface area contributed by atoms with Crippen LogP contribution >= 0.6 is 11.8 Å². The molecule has 0 spiro atoms. The SMILES string of the molecule is COCCNC(=O)CN1C(=O)S/C(=C\c2cc(C)n(C)c2C)C1=O. The van der Waals surface area contributed by atoms with E-state index in [1.54, 1.807) is 6.08 Å². The lowest BCUT2D eigenvalue weighted by Gasteiger charge is -2.12. The van der Waals surface area contributed by atoms with Gasteiger partial charge in [-0.15, -0.1) is 0 Å². The Kier molecular flexibility index (Phi) is 5.84. The number of ether oxygens (including phenoxy) is 1. The molecule has 1 fully saturated rings. The summed E-state index contributed by atoms with van der Waals surface area (Å²) in [4.78, 5) is 37.5. The van der Waals surface area contributed by atoms with Gasteiger partial charge in [-0.2, -0.15) is 0 Å². The largest absolute Gasteiger partial charge is 0.383 e. The van der Waals surface area contributed by atoms with Crippen molar-refractivity contribution in [2.24, 2.45) is 7.05 Å². The second-order valence-corrected chi connectivity index (χ2v) is 6.49. The van der Waals surface area contributed by atoms with Gasteiger partial charge in [0.2, 0.25) is 5.91 Å². The van der Waals surface area contributed by atoms with E-state index in [1.165, 1.54) is 7.11 Å². The van der Waals surface area contributed by atoms with Crippen LogP contribution in [0.4, 0.5) is 4.79 Å². The Morgan fingerprint density at radius 3 is 2.67 bits per heavy atom. The quantitative estimate of drug-likeness (QED) is 0.620. The standard InChI is InChI=1S/C16H21N3O4S/c1-10-7-12(11(2)18(10)3)8-13-15(21)19(16(22)24-13)9-14(20)17-5-6-23-4/h7-8H,5-6,9H2,1-4H3,(H,17,20)/b13-8-. The molecule has 2 rings (SSSR count). The highest BCUT2D eigenvalue weighted by Gasteiger charge is 2.36. The number of aryl methyl sites for hydroxylation is 1. The maximum absolute atomic E-state index is 12.4. The van der Waals surface area contributed by atoms with Crippen LogP contribution in [0.5, 0.6) is 0 Å². The van der Waals surface area contributed by atoms with Crippen molar-refractivity contribution in [2.75, 3.05) is 26.8 Å². The molecular formula is C16H21N3O4S. The number of amides is 3. The second-order valence-electron chi connectivity index (χ2n) is 5.50. The first-order valence-corrected chi connectivity index (χ1v) is 8.30. The Morgan fingerprint density at radius 2 is 2.08 bits per heavy atom. The molecule has 130 valence electrons. The van der Waals surface area contributed by atoms with Crippen molar-refractivity contribution in [3.63, 3.8) is 0 Å². The van der Waals surface area contributed by atoms with Crippen LogP contribution in [0.15, 0.2) is 11.0 Å². The number of imide groups is 1. The van der Waals surface area contributed by atoms with Crippen molar-refractivity contribution in [3.8, 4) is 0 Å². The van der Waals surface area contributed by atoms with Gasteiger partial charge in [-0.25, -0.2) is 0 Å². The van der Waals surface area contributed by atoms with E-state index in [2.05, 4.69) is 5.32 Å². The summed E-state index contributed by atoms with van der Waals surface area (Å²) in [6.07, 6.45) is 1.70. The fraction of sp³-hybridized carbons (Fsp3) is 0.438. The molecule has 3 amide bonds. The summed E-state index contributed by atoms with van der Waals surface area (Å²) in [6.45, 7) is 4.36. The number of aromatic nitrogens is 1. The van der Waals surface area contributed by atoms with Crippen LogP contribution in [-0.4, -0.2) is 53.3 Å². The number of thioether (sulfide) groups is 1. The summed E-state index contributed by atoms with van der Waals surface area (Å²) in [5, 5.41) is 2.16. The van der Waals surface area contributed by atoms with Crippen molar-refractivity contribution in [3.05, 3.63) is 27.9 Å².